The molecule has 1 aromatic rings. The molecule has 0 unspecified atom stereocenters. The Balaban J connectivity index is 1.98. The van der Waals surface area contributed by atoms with E-state index in [9.17, 15) is 39.0 Å². The number of fused-ring (bicyclic) bond motifs is 3. The Morgan fingerprint density at radius 2 is 1.73 bits per heavy atom. The van der Waals surface area contributed by atoms with E-state index in [2.05, 4.69) is 27.3 Å². The molecular formula is C42H66N6O8. The van der Waals surface area contributed by atoms with Crippen LogP contribution in [0.4, 0.5) is 0 Å². The van der Waals surface area contributed by atoms with Crippen LogP contribution in [-0.2, 0) is 41.6 Å². The van der Waals surface area contributed by atoms with Gasteiger partial charge >= 0.3 is 5.97 Å². The Morgan fingerprint density at radius 1 is 0.982 bits per heavy atom. The number of phenolic OH excluding ortho intramolecular Hbond substituents is 1. The minimum Gasteiger partial charge on any atom is -0.508 e. The number of carboxylic acid groups (broad SMARTS) is 1. The molecule has 0 spiro atoms. The van der Waals surface area contributed by atoms with Crippen LogP contribution < -0.4 is 27.0 Å². The van der Waals surface area contributed by atoms with E-state index in [-0.39, 0.29) is 48.7 Å². The number of carbonyl (C=O) groups is 6. The highest BCUT2D eigenvalue weighted by molar-refractivity contribution is 5.96. The fourth-order valence-corrected chi connectivity index (χ4v) is 7.30. The van der Waals surface area contributed by atoms with Gasteiger partial charge in [0.15, 0.2) is 0 Å². The fraction of sp³-hybridized carbons (Fsp3) is 0.667. The number of nitrogens with one attached hydrogen (secondary N) is 4. The maximum Gasteiger partial charge on any atom is 0.326 e. The summed E-state index contributed by atoms with van der Waals surface area (Å²) in [6, 6.07) is -0.141. The summed E-state index contributed by atoms with van der Waals surface area (Å²) >= 11 is 0. The van der Waals surface area contributed by atoms with Crippen molar-refractivity contribution >= 4 is 35.5 Å². The van der Waals surface area contributed by atoms with Crippen molar-refractivity contribution in [3.05, 3.63) is 41.5 Å². The van der Waals surface area contributed by atoms with Crippen molar-refractivity contribution in [1.29, 1.82) is 0 Å². The summed E-state index contributed by atoms with van der Waals surface area (Å²) in [5.41, 5.74) is 7.03. The largest absolute Gasteiger partial charge is 0.508 e. The van der Waals surface area contributed by atoms with Gasteiger partial charge in [-0.2, -0.15) is 0 Å². The minimum atomic E-state index is -1.20. The van der Waals surface area contributed by atoms with Crippen molar-refractivity contribution in [3.63, 3.8) is 0 Å². The van der Waals surface area contributed by atoms with Crippen LogP contribution in [0.15, 0.2) is 30.4 Å². The number of nitrogens with two attached hydrogens (primary N) is 1. The first kappa shape index (κ1) is 45.9. The van der Waals surface area contributed by atoms with E-state index in [1.54, 1.807) is 25.1 Å². The molecular weight excluding hydrogens is 716 g/mol. The Labute approximate surface area is 332 Å². The normalized spacial score (nSPS) is 22.1. The first-order valence-corrected chi connectivity index (χ1v) is 20.6. The molecule has 14 nitrogen and oxygen atoms in total. The number of aliphatic carboxylic acids is 1. The molecule has 8 N–H and O–H groups in total. The highest BCUT2D eigenvalue weighted by atomic mass is 16.4. The van der Waals surface area contributed by atoms with Crippen LogP contribution >= 0.6 is 0 Å². The molecule has 0 radical (unpaired) electrons. The number of amides is 5. The van der Waals surface area contributed by atoms with E-state index in [1.165, 1.54) is 4.90 Å². The Bertz CT molecular complexity index is 1520. The van der Waals surface area contributed by atoms with Gasteiger partial charge in [0.25, 0.3) is 0 Å². The molecule has 2 heterocycles. The van der Waals surface area contributed by atoms with E-state index >= 15 is 0 Å². The standard InChI is InChI=1S/C42H66N6O8/c1-5-28(4)37(40(53)46-33(42(55)56)24-27(2)3)47-38(51)32-26-29-20-21-35(49)30(25-29)16-11-9-7-6-8-10-12-19-36(50)44-31(17-13-14-22-43)41(54)48-23-15-18-34(48)39(52)45-32/h9,11,20-21,25,27-28,31-34,37,49H,5-8,10,12-19,22-24,26,43H2,1-4H3,(H,44,50)(H,45,52)(H,46,53)(H,47,51)(H,55,56)/t28-,31-,32-,33-,34-,37-/m0/s1. The van der Waals surface area contributed by atoms with Gasteiger partial charge < -0.3 is 42.1 Å². The molecule has 1 saturated heterocycles. The summed E-state index contributed by atoms with van der Waals surface area (Å²) in [5.74, 6) is -3.87. The van der Waals surface area contributed by atoms with Crippen molar-refractivity contribution in [2.75, 3.05) is 13.1 Å². The van der Waals surface area contributed by atoms with E-state index in [0.29, 0.717) is 75.6 Å². The molecule has 2 bridgehead atoms. The SMILES string of the molecule is CC[C@H](C)[C@H](NC(=O)[C@@H]1Cc2ccc(O)c(c2)CC=CCCCCCCC(=O)N[C@@H](CCCCN)C(=O)N2CCC[C@H]2C(=O)N1)C(=O)N[C@@H](CC(C)C)C(=O)O. The number of unbranched alkanes of at least 4 members (excludes halogenated alkanes) is 1. The van der Waals surface area contributed by atoms with Gasteiger partial charge in [-0.1, -0.05) is 71.2 Å². The zero-order valence-corrected chi connectivity index (χ0v) is 33.8. The third kappa shape index (κ3) is 14.6. The van der Waals surface area contributed by atoms with Crippen molar-refractivity contribution in [2.45, 2.75) is 154 Å². The van der Waals surface area contributed by atoms with E-state index < -0.39 is 53.9 Å². The zero-order valence-electron chi connectivity index (χ0n) is 33.8. The van der Waals surface area contributed by atoms with Gasteiger partial charge in [-0.05, 0) is 99.8 Å². The van der Waals surface area contributed by atoms with Gasteiger partial charge in [-0.25, -0.2) is 4.79 Å². The third-order valence-electron chi connectivity index (χ3n) is 10.8. The van der Waals surface area contributed by atoms with Crippen molar-refractivity contribution in [1.82, 2.24) is 26.2 Å². The summed E-state index contributed by atoms with van der Waals surface area (Å²) in [6.07, 6.45) is 12.4. The molecule has 312 valence electrons. The summed E-state index contributed by atoms with van der Waals surface area (Å²) in [6.45, 7) is 8.10. The molecule has 6 atom stereocenters. The summed E-state index contributed by atoms with van der Waals surface area (Å²) in [5, 5.41) is 31.7. The molecule has 0 aliphatic carbocycles. The van der Waals surface area contributed by atoms with Crippen LogP contribution in [0.25, 0.3) is 0 Å². The molecule has 56 heavy (non-hydrogen) atoms. The first-order valence-electron chi connectivity index (χ1n) is 20.6. The fourth-order valence-electron chi connectivity index (χ4n) is 7.30. The summed E-state index contributed by atoms with van der Waals surface area (Å²) < 4.78 is 0. The Kier molecular flexibility index (Phi) is 19.3. The average molecular weight is 783 g/mol. The maximum absolute atomic E-state index is 14.3. The second-order valence-electron chi connectivity index (χ2n) is 15.9. The first-order chi connectivity index (χ1) is 26.7. The molecule has 2 aliphatic heterocycles. The highest BCUT2D eigenvalue weighted by Gasteiger charge is 2.39. The second-order valence-corrected chi connectivity index (χ2v) is 15.9. The van der Waals surface area contributed by atoms with Gasteiger partial charge in [-0.3, -0.25) is 24.0 Å². The van der Waals surface area contributed by atoms with Crippen LogP contribution in [0, 0.1) is 11.8 Å². The van der Waals surface area contributed by atoms with E-state index in [4.69, 9.17) is 5.73 Å². The van der Waals surface area contributed by atoms with Gasteiger partial charge in [0, 0.05) is 19.4 Å². The summed E-state index contributed by atoms with van der Waals surface area (Å²) in [7, 11) is 0. The smallest absolute Gasteiger partial charge is 0.326 e. The predicted octanol–water partition coefficient (Wildman–Crippen LogP) is 3.62. The lowest BCUT2D eigenvalue weighted by Gasteiger charge is -2.31. The van der Waals surface area contributed by atoms with Crippen LogP contribution in [0.5, 0.6) is 5.75 Å². The van der Waals surface area contributed by atoms with Crippen molar-refractivity contribution in [3.8, 4) is 5.75 Å². The van der Waals surface area contributed by atoms with Crippen LogP contribution in [0.2, 0.25) is 0 Å². The van der Waals surface area contributed by atoms with Crippen molar-refractivity contribution in [2.24, 2.45) is 17.6 Å². The van der Waals surface area contributed by atoms with Crippen LogP contribution in [0.1, 0.15) is 122 Å². The minimum absolute atomic E-state index is 0.00690. The molecule has 2 aliphatic rings. The maximum atomic E-state index is 14.3. The van der Waals surface area contributed by atoms with Gasteiger partial charge in [0.2, 0.25) is 29.5 Å². The van der Waals surface area contributed by atoms with Gasteiger partial charge in [0.05, 0.1) is 0 Å². The number of hydrogen-bond donors (Lipinski definition) is 7. The van der Waals surface area contributed by atoms with Crippen molar-refractivity contribution < 1.29 is 39.0 Å². The molecule has 14 heteroatoms. The Hall–Kier alpha value is -4.46. The predicted molar refractivity (Wildman–Crippen MR) is 214 cm³/mol. The van der Waals surface area contributed by atoms with Gasteiger partial charge in [0.1, 0.15) is 36.0 Å². The highest BCUT2D eigenvalue weighted by Crippen LogP contribution is 2.23. The number of benzene rings is 1. The van der Waals surface area contributed by atoms with Crippen LogP contribution in [0.3, 0.4) is 0 Å². The van der Waals surface area contributed by atoms with E-state index in [1.807, 2.05) is 26.8 Å². The van der Waals surface area contributed by atoms with E-state index in [0.717, 1.165) is 25.7 Å². The zero-order chi connectivity index (χ0) is 41.2. The number of hydrogen-bond acceptors (Lipinski definition) is 8. The summed E-state index contributed by atoms with van der Waals surface area (Å²) in [4.78, 5) is 82.6. The molecule has 3 rings (SSSR count). The molecule has 1 fully saturated rings. The lowest BCUT2D eigenvalue weighted by molar-refractivity contribution is -0.143. The molecule has 0 aromatic heterocycles. The lowest BCUT2D eigenvalue weighted by atomic mass is 9.95. The molecule has 5 amide bonds. The molecule has 1 aromatic carbocycles. The number of aromatic hydroxyl groups is 1. The second kappa shape index (κ2) is 23.6. The number of rotatable bonds is 13. The number of nitrogens with zero attached hydrogens (tertiary/aromatic N) is 1. The monoisotopic (exact) mass is 782 g/mol. The molecule has 0 saturated carbocycles. The third-order valence-corrected chi connectivity index (χ3v) is 10.8. The van der Waals surface area contributed by atoms with Gasteiger partial charge in [-0.15, -0.1) is 0 Å². The topological polar surface area (TPSA) is 220 Å². The average Bonchev–Trinajstić information content (AvgIpc) is 3.65. The Morgan fingerprint density at radius 3 is 2.43 bits per heavy atom. The number of allylic oxidation sites excluding steroid dienone is 2. The number of phenols is 1. The number of carbonyl (C=O) groups excluding carboxylic acids is 5. The quantitative estimate of drug-likeness (QED) is 0.115. The number of carboxylic acids is 1. The van der Waals surface area contributed by atoms with Crippen LogP contribution in [-0.4, -0.2) is 93.9 Å². The lowest BCUT2D eigenvalue weighted by Crippen LogP contribution is -2.60.